The van der Waals surface area contributed by atoms with Crippen molar-refractivity contribution < 1.29 is 19.4 Å². The number of aromatic hydroxyl groups is 1. The van der Waals surface area contributed by atoms with Gasteiger partial charge in [0.05, 0.1) is 5.56 Å². The molecule has 0 aliphatic rings. The maximum Gasteiger partial charge on any atom is 0.343 e. The SMILES string of the molecule is CCN(CC)c1ccc2cc(C=Cc3ccc(O)c(C(=O)O)c3)c(=O)oc2c1. The molecule has 3 rings (SSSR count). The van der Waals surface area contributed by atoms with Gasteiger partial charge >= 0.3 is 11.6 Å². The highest BCUT2D eigenvalue weighted by Crippen LogP contribution is 2.23. The van der Waals surface area contributed by atoms with E-state index in [1.54, 1.807) is 24.3 Å². The second-order valence-corrected chi connectivity index (χ2v) is 6.30. The molecule has 144 valence electrons. The Morgan fingerprint density at radius 3 is 2.50 bits per heavy atom. The van der Waals surface area contributed by atoms with E-state index in [9.17, 15) is 14.7 Å². The summed E-state index contributed by atoms with van der Waals surface area (Å²) in [5.74, 6) is -1.53. The molecule has 2 N–H and O–H groups in total. The number of benzene rings is 2. The molecule has 0 amide bonds. The smallest absolute Gasteiger partial charge is 0.343 e. The van der Waals surface area contributed by atoms with Crippen LogP contribution in [0.1, 0.15) is 35.3 Å². The van der Waals surface area contributed by atoms with Crippen LogP contribution >= 0.6 is 0 Å². The average molecular weight is 379 g/mol. The Bertz CT molecular complexity index is 1110. The average Bonchev–Trinajstić information content (AvgIpc) is 2.68. The van der Waals surface area contributed by atoms with E-state index in [0.29, 0.717) is 16.7 Å². The lowest BCUT2D eigenvalue weighted by atomic mass is 10.1. The minimum absolute atomic E-state index is 0.198. The van der Waals surface area contributed by atoms with E-state index in [1.165, 1.54) is 12.1 Å². The van der Waals surface area contributed by atoms with E-state index in [4.69, 9.17) is 9.52 Å². The normalized spacial score (nSPS) is 11.2. The summed E-state index contributed by atoms with van der Waals surface area (Å²) in [5.41, 5.74) is 1.74. The number of carboxylic acids is 1. The highest BCUT2D eigenvalue weighted by atomic mass is 16.4. The predicted octanol–water partition coefficient (Wildman–Crippen LogP) is 4.21. The summed E-state index contributed by atoms with van der Waals surface area (Å²) in [4.78, 5) is 25.6. The molecular formula is C22H21NO5. The molecule has 0 atom stereocenters. The van der Waals surface area contributed by atoms with Crippen molar-refractivity contribution in [3.8, 4) is 5.75 Å². The first kappa shape index (κ1) is 19.2. The van der Waals surface area contributed by atoms with Crippen molar-refractivity contribution >= 4 is 34.8 Å². The number of fused-ring (bicyclic) bond motifs is 1. The molecule has 0 unspecified atom stereocenters. The summed E-state index contributed by atoms with van der Waals surface area (Å²) in [6.45, 7) is 5.85. The third-order valence-corrected chi connectivity index (χ3v) is 4.58. The fourth-order valence-electron chi connectivity index (χ4n) is 3.03. The largest absolute Gasteiger partial charge is 0.507 e. The maximum atomic E-state index is 12.3. The molecule has 0 spiro atoms. The van der Waals surface area contributed by atoms with Crippen molar-refractivity contribution in [2.75, 3.05) is 18.0 Å². The first-order valence-electron chi connectivity index (χ1n) is 9.00. The molecule has 0 saturated carbocycles. The van der Waals surface area contributed by atoms with Crippen molar-refractivity contribution in [2.45, 2.75) is 13.8 Å². The topological polar surface area (TPSA) is 91.0 Å². The van der Waals surface area contributed by atoms with Gasteiger partial charge in [0.1, 0.15) is 16.9 Å². The van der Waals surface area contributed by atoms with Crippen LogP contribution in [0.25, 0.3) is 23.1 Å². The lowest BCUT2D eigenvalue weighted by molar-refractivity contribution is 0.0693. The molecule has 0 aliphatic carbocycles. The number of rotatable bonds is 6. The van der Waals surface area contributed by atoms with Crippen LogP contribution in [0.4, 0.5) is 5.69 Å². The lowest BCUT2D eigenvalue weighted by Gasteiger charge is -2.20. The Labute approximate surface area is 162 Å². The first-order valence-corrected chi connectivity index (χ1v) is 9.00. The molecule has 2 aromatic carbocycles. The zero-order valence-corrected chi connectivity index (χ0v) is 15.7. The van der Waals surface area contributed by atoms with Gasteiger partial charge in [-0.1, -0.05) is 12.1 Å². The van der Waals surface area contributed by atoms with E-state index in [0.717, 1.165) is 24.2 Å². The molecule has 3 aromatic rings. The maximum absolute atomic E-state index is 12.3. The van der Waals surface area contributed by atoms with Crippen LogP contribution in [0.2, 0.25) is 0 Å². The summed E-state index contributed by atoms with van der Waals surface area (Å²) >= 11 is 0. The Morgan fingerprint density at radius 2 is 1.82 bits per heavy atom. The predicted molar refractivity (Wildman–Crippen MR) is 110 cm³/mol. The molecule has 0 radical (unpaired) electrons. The third kappa shape index (κ3) is 3.91. The van der Waals surface area contributed by atoms with Gasteiger partial charge in [-0.25, -0.2) is 9.59 Å². The molecule has 1 aromatic heterocycles. The Balaban J connectivity index is 1.96. The summed E-state index contributed by atoms with van der Waals surface area (Å²) in [5, 5.41) is 19.5. The van der Waals surface area contributed by atoms with E-state index >= 15 is 0 Å². The van der Waals surface area contributed by atoms with Crippen LogP contribution in [0.3, 0.4) is 0 Å². The van der Waals surface area contributed by atoms with Gasteiger partial charge in [-0.05, 0) is 55.8 Å². The van der Waals surface area contributed by atoms with Gasteiger partial charge in [-0.15, -0.1) is 0 Å². The fourth-order valence-corrected chi connectivity index (χ4v) is 3.03. The van der Waals surface area contributed by atoms with Crippen LogP contribution in [-0.2, 0) is 0 Å². The van der Waals surface area contributed by atoms with E-state index < -0.39 is 11.6 Å². The van der Waals surface area contributed by atoms with Crippen molar-refractivity contribution in [1.82, 2.24) is 0 Å². The Hall–Kier alpha value is -3.54. The number of nitrogens with zero attached hydrogens (tertiary/aromatic N) is 1. The summed E-state index contributed by atoms with van der Waals surface area (Å²) in [6, 6.07) is 11.7. The zero-order chi connectivity index (χ0) is 20.3. The van der Waals surface area contributed by atoms with Crippen molar-refractivity contribution in [1.29, 1.82) is 0 Å². The number of aromatic carboxylic acids is 1. The van der Waals surface area contributed by atoms with Gasteiger partial charge in [0.15, 0.2) is 0 Å². The molecular weight excluding hydrogens is 358 g/mol. The van der Waals surface area contributed by atoms with Crippen LogP contribution in [0.15, 0.2) is 51.7 Å². The Kier molecular flexibility index (Phi) is 5.49. The molecule has 0 bridgehead atoms. The second-order valence-electron chi connectivity index (χ2n) is 6.30. The van der Waals surface area contributed by atoms with Gasteiger partial charge in [-0.2, -0.15) is 0 Å². The van der Waals surface area contributed by atoms with Gasteiger partial charge in [0, 0.05) is 30.2 Å². The van der Waals surface area contributed by atoms with E-state index in [-0.39, 0.29) is 11.3 Å². The number of phenols is 1. The standard InChI is InChI=1S/C22H21NO5/c1-3-23(4-2)17-9-8-15-12-16(22(27)28-20(15)13-17)7-5-14-6-10-19(24)18(11-14)21(25)26/h5-13,24H,3-4H2,1-2H3,(H,25,26). The van der Waals surface area contributed by atoms with Crippen LogP contribution < -0.4 is 10.5 Å². The molecule has 28 heavy (non-hydrogen) atoms. The number of anilines is 1. The minimum Gasteiger partial charge on any atom is -0.507 e. The quantitative estimate of drug-likeness (QED) is 0.624. The molecule has 0 aliphatic heterocycles. The van der Waals surface area contributed by atoms with Gasteiger partial charge in [0.25, 0.3) is 0 Å². The lowest BCUT2D eigenvalue weighted by Crippen LogP contribution is -2.21. The summed E-state index contributed by atoms with van der Waals surface area (Å²) in [6.07, 6.45) is 3.18. The molecule has 6 nitrogen and oxygen atoms in total. The summed E-state index contributed by atoms with van der Waals surface area (Å²) < 4.78 is 5.47. The van der Waals surface area contributed by atoms with Crippen molar-refractivity contribution in [2.24, 2.45) is 0 Å². The highest BCUT2D eigenvalue weighted by molar-refractivity contribution is 5.92. The van der Waals surface area contributed by atoms with Gasteiger partial charge in [-0.3, -0.25) is 0 Å². The first-order chi connectivity index (χ1) is 13.4. The number of hydrogen-bond donors (Lipinski definition) is 2. The summed E-state index contributed by atoms with van der Waals surface area (Å²) in [7, 11) is 0. The van der Waals surface area contributed by atoms with Gasteiger partial charge < -0.3 is 19.5 Å². The number of carboxylic acid groups (broad SMARTS) is 1. The number of hydrogen-bond acceptors (Lipinski definition) is 5. The molecule has 0 fully saturated rings. The zero-order valence-electron chi connectivity index (χ0n) is 15.7. The monoisotopic (exact) mass is 379 g/mol. The van der Waals surface area contributed by atoms with Gasteiger partial charge in [0.2, 0.25) is 0 Å². The molecule has 0 saturated heterocycles. The van der Waals surface area contributed by atoms with Crippen LogP contribution in [0, 0.1) is 0 Å². The molecule has 1 heterocycles. The van der Waals surface area contributed by atoms with E-state index in [2.05, 4.69) is 18.7 Å². The van der Waals surface area contributed by atoms with Crippen molar-refractivity contribution in [3.63, 3.8) is 0 Å². The van der Waals surface area contributed by atoms with Crippen LogP contribution in [-0.4, -0.2) is 29.3 Å². The highest BCUT2D eigenvalue weighted by Gasteiger charge is 2.10. The second kappa shape index (κ2) is 8.00. The fraction of sp³-hybridized carbons (Fsp3) is 0.182. The minimum atomic E-state index is -1.22. The third-order valence-electron chi connectivity index (χ3n) is 4.58. The van der Waals surface area contributed by atoms with Crippen LogP contribution in [0.5, 0.6) is 5.75 Å². The molecule has 6 heteroatoms. The van der Waals surface area contributed by atoms with E-state index in [1.807, 2.05) is 18.2 Å². The van der Waals surface area contributed by atoms with Crippen molar-refractivity contribution in [3.05, 3.63) is 69.6 Å². The Morgan fingerprint density at radius 1 is 1.07 bits per heavy atom. The number of carbonyl (C=O) groups is 1.